The topological polar surface area (TPSA) is 86.7 Å². The Hall–Kier alpha value is -0.440. The molecule has 0 radical (unpaired) electrons. The van der Waals surface area contributed by atoms with Gasteiger partial charge in [-0.25, -0.2) is 0 Å². The van der Waals surface area contributed by atoms with E-state index < -0.39 is 20.2 Å². The Labute approximate surface area is 114 Å². The molecule has 2 rings (SSSR count). The smallest absolute Gasteiger partial charge is 0.264 e. The zero-order chi connectivity index (χ0) is 14.3. The fraction of sp³-hybridized carbons (Fsp3) is 0.818. The fourth-order valence-electron chi connectivity index (χ4n) is 2.93. The van der Waals surface area contributed by atoms with Crippen molar-refractivity contribution in [3.05, 3.63) is 12.2 Å². The molecule has 0 saturated heterocycles. The molecule has 6 nitrogen and oxygen atoms in total. The molecule has 0 spiro atoms. The predicted molar refractivity (Wildman–Crippen MR) is 69.3 cm³/mol. The number of allylic oxidation sites excluding steroid dienone is 2. The van der Waals surface area contributed by atoms with Crippen LogP contribution in [-0.2, 0) is 28.6 Å². The van der Waals surface area contributed by atoms with Gasteiger partial charge in [0.1, 0.15) is 0 Å². The molecule has 1 saturated carbocycles. The molecule has 0 amide bonds. The van der Waals surface area contributed by atoms with E-state index >= 15 is 0 Å². The lowest BCUT2D eigenvalue weighted by Gasteiger charge is -2.26. The van der Waals surface area contributed by atoms with Crippen molar-refractivity contribution >= 4 is 20.2 Å². The second-order valence-electron chi connectivity index (χ2n) is 5.25. The van der Waals surface area contributed by atoms with E-state index in [0.29, 0.717) is 0 Å². The van der Waals surface area contributed by atoms with Crippen LogP contribution in [0.1, 0.15) is 6.42 Å². The lowest BCUT2D eigenvalue weighted by atomic mass is 9.84. The first kappa shape index (κ1) is 15.0. The SMILES string of the molecule is CS(=O)(=O)OC[C@@H]1[C@@H](COS(C)(=O)=O)[C@H]2C=C[C@H]1C2. The molecular formula is C11H18O6S2. The van der Waals surface area contributed by atoms with Crippen LogP contribution in [0.2, 0.25) is 0 Å². The first-order valence-corrected chi connectivity index (χ1v) is 9.66. The molecular weight excluding hydrogens is 292 g/mol. The predicted octanol–water partition coefficient (Wildman–Crippen LogP) is 0.377. The van der Waals surface area contributed by atoms with Crippen LogP contribution in [0.4, 0.5) is 0 Å². The monoisotopic (exact) mass is 310 g/mol. The highest BCUT2D eigenvalue weighted by molar-refractivity contribution is 7.86. The van der Waals surface area contributed by atoms with Crippen LogP contribution in [0.3, 0.4) is 0 Å². The standard InChI is InChI=1S/C11H18O6S2/c1-18(12,13)16-6-10-8-3-4-9(5-8)11(10)7-17-19(2,14)15/h3-4,8-11H,5-7H2,1-2H3/t8-,9-,10-,11-/m0/s1. The van der Waals surface area contributed by atoms with E-state index in [4.69, 9.17) is 8.37 Å². The third-order valence-corrected chi connectivity index (χ3v) is 4.88. The van der Waals surface area contributed by atoms with E-state index in [0.717, 1.165) is 18.9 Å². The molecule has 4 atom stereocenters. The molecule has 0 aromatic heterocycles. The van der Waals surface area contributed by atoms with Gasteiger partial charge in [0, 0.05) is 0 Å². The van der Waals surface area contributed by atoms with Crippen LogP contribution in [0, 0.1) is 23.7 Å². The maximum absolute atomic E-state index is 11.1. The molecule has 0 N–H and O–H groups in total. The van der Waals surface area contributed by atoms with Crippen LogP contribution in [0.5, 0.6) is 0 Å². The highest BCUT2D eigenvalue weighted by atomic mass is 32.2. The minimum Gasteiger partial charge on any atom is -0.270 e. The van der Waals surface area contributed by atoms with Crippen molar-refractivity contribution in [2.45, 2.75) is 6.42 Å². The summed E-state index contributed by atoms with van der Waals surface area (Å²) in [6, 6.07) is 0. The van der Waals surface area contributed by atoms with Gasteiger partial charge in [-0.1, -0.05) is 12.2 Å². The van der Waals surface area contributed by atoms with Gasteiger partial charge in [0.25, 0.3) is 20.2 Å². The van der Waals surface area contributed by atoms with Gasteiger partial charge < -0.3 is 0 Å². The van der Waals surface area contributed by atoms with Crippen molar-refractivity contribution in [2.24, 2.45) is 23.7 Å². The van der Waals surface area contributed by atoms with Crippen molar-refractivity contribution in [2.75, 3.05) is 25.7 Å². The quantitative estimate of drug-likeness (QED) is 0.520. The highest BCUT2D eigenvalue weighted by Crippen LogP contribution is 2.48. The first-order chi connectivity index (χ1) is 8.66. The average molecular weight is 310 g/mol. The Bertz CT molecular complexity index is 512. The highest BCUT2D eigenvalue weighted by Gasteiger charge is 2.45. The van der Waals surface area contributed by atoms with Gasteiger partial charge in [-0.2, -0.15) is 16.8 Å². The van der Waals surface area contributed by atoms with Crippen molar-refractivity contribution < 1.29 is 25.2 Å². The van der Waals surface area contributed by atoms with Crippen LogP contribution >= 0.6 is 0 Å². The zero-order valence-electron chi connectivity index (χ0n) is 10.9. The molecule has 2 bridgehead atoms. The van der Waals surface area contributed by atoms with Crippen molar-refractivity contribution in [3.63, 3.8) is 0 Å². The molecule has 8 heteroatoms. The molecule has 0 aromatic carbocycles. The van der Waals surface area contributed by atoms with E-state index in [-0.39, 0.29) is 36.9 Å². The minimum atomic E-state index is -3.48. The van der Waals surface area contributed by atoms with Gasteiger partial charge in [0.05, 0.1) is 25.7 Å². The summed E-state index contributed by atoms with van der Waals surface area (Å²) < 4.78 is 53.9. The van der Waals surface area contributed by atoms with Gasteiger partial charge in [-0.3, -0.25) is 8.37 Å². The summed E-state index contributed by atoms with van der Waals surface area (Å²) >= 11 is 0. The summed E-state index contributed by atoms with van der Waals surface area (Å²) in [5.41, 5.74) is 0. The summed E-state index contributed by atoms with van der Waals surface area (Å²) in [5, 5.41) is 0. The van der Waals surface area contributed by atoms with Gasteiger partial charge in [0.15, 0.2) is 0 Å². The van der Waals surface area contributed by atoms with Crippen molar-refractivity contribution in [3.8, 4) is 0 Å². The Balaban J connectivity index is 2.01. The minimum absolute atomic E-state index is 0.00789. The number of hydrogen-bond acceptors (Lipinski definition) is 6. The summed E-state index contributed by atoms with van der Waals surface area (Å²) in [5.74, 6) is 0.484. The third-order valence-electron chi connectivity index (χ3n) is 3.75. The van der Waals surface area contributed by atoms with Gasteiger partial charge in [0.2, 0.25) is 0 Å². The molecule has 19 heavy (non-hydrogen) atoms. The second kappa shape index (κ2) is 5.16. The number of fused-ring (bicyclic) bond motifs is 2. The van der Waals surface area contributed by atoms with Crippen LogP contribution in [0.25, 0.3) is 0 Å². The molecule has 0 heterocycles. The van der Waals surface area contributed by atoms with Crippen LogP contribution in [0.15, 0.2) is 12.2 Å². The molecule has 0 aliphatic heterocycles. The van der Waals surface area contributed by atoms with Crippen molar-refractivity contribution in [1.29, 1.82) is 0 Å². The van der Waals surface area contributed by atoms with E-state index in [9.17, 15) is 16.8 Å². The van der Waals surface area contributed by atoms with E-state index in [2.05, 4.69) is 12.2 Å². The first-order valence-electron chi connectivity index (χ1n) is 6.03. The Morgan fingerprint density at radius 2 is 1.26 bits per heavy atom. The normalized spacial score (nSPS) is 34.0. The van der Waals surface area contributed by atoms with Gasteiger partial charge in [-0.05, 0) is 30.1 Å². The zero-order valence-corrected chi connectivity index (χ0v) is 12.5. The molecule has 2 aliphatic rings. The fourth-order valence-corrected chi connectivity index (χ4v) is 3.73. The van der Waals surface area contributed by atoms with E-state index in [1.807, 2.05) is 0 Å². The van der Waals surface area contributed by atoms with Gasteiger partial charge in [-0.15, -0.1) is 0 Å². The largest absolute Gasteiger partial charge is 0.270 e. The molecule has 2 aliphatic carbocycles. The van der Waals surface area contributed by atoms with E-state index in [1.165, 1.54) is 0 Å². The molecule has 1 fully saturated rings. The third kappa shape index (κ3) is 4.01. The van der Waals surface area contributed by atoms with Gasteiger partial charge >= 0.3 is 0 Å². The van der Waals surface area contributed by atoms with E-state index in [1.54, 1.807) is 0 Å². The lowest BCUT2D eigenvalue weighted by molar-refractivity contribution is 0.140. The Morgan fingerprint density at radius 3 is 1.58 bits per heavy atom. The summed E-state index contributed by atoms with van der Waals surface area (Å²) in [6.45, 7) is 0.171. The van der Waals surface area contributed by atoms with Crippen LogP contribution < -0.4 is 0 Å². The number of rotatable bonds is 6. The maximum Gasteiger partial charge on any atom is 0.264 e. The summed E-state index contributed by atoms with van der Waals surface area (Å²) in [7, 11) is -6.96. The summed E-state index contributed by atoms with van der Waals surface area (Å²) in [4.78, 5) is 0. The lowest BCUT2D eigenvalue weighted by Crippen LogP contribution is -2.29. The Morgan fingerprint density at radius 1 is 0.895 bits per heavy atom. The van der Waals surface area contributed by atoms with Crippen LogP contribution in [-0.4, -0.2) is 42.6 Å². The van der Waals surface area contributed by atoms with Crippen molar-refractivity contribution in [1.82, 2.24) is 0 Å². The molecule has 0 unspecified atom stereocenters. The molecule has 110 valence electrons. The second-order valence-corrected chi connectivity index (χ2v) is 8.54. The number of hydrogen-bond donors (Lipinski definition) is 0. The maximum atomic E-state index is 11.1. The average Bonchev–Trinajstić information content (AvgIpc) is 2.81. The molecule has 0 aromatic rings. The summed E-state index contributed by atoms with van der Waals surface area (Å²) in [6.07, 6.45) is 7.04. The Kier molecular flexibility index (Phi) is 4.06.